The van der Waals surface area contributed by atoms with E-state index >= 15 is 0 Å². The van der Waals surface area contributed by atoms with Gasteiger partial charge in [-0.05, 0) is 34.9 Å². The summed E-state index contributed by atoms with van der Waals surface area (Å²) in [4.78, 5) is 3.13. The predicted molar refractivity (Wildman–Crippen MR) is 94.1 cm³/mol. The van der Waals surface area contributed by atoms with Gasteiger partial charge in [0, 0.05) is 16.1 Å². The van der Waals surface area contributed by atoms with Gasteiger partial charge >= 0.3 is 0 Å². The number of hydrogen-bond acceptors (Lipinski definition) is 0. The number of nitrogens with one attached hydrogen (secondary N) is 1. The normalized spacial score (nSPS) is 11.0. The average molecular weight is 322 g/mol. The van der Waals surface area contributed by atoms with Crippen molar-refractivity contribution in [1.82, 2.24) is 4.98 Å². The molecule has 0 unspecified atom stereocenters. The van der Waals surface area contributed by atoms with Gasteiger partial charge < -0.3 is 4.98 Å². The van der Waals surface area contributed by atoms with Crippen LogP contribution in [0.4, 0.5) is 4.39 Å². The molecule has 0 aliphatic heterocycles. The lowest BCUT2D eigenvalue weighted by Crippen LogP contribution is -1.81. The zero-order valence-electron chi connectivity index (χ0n) is 12.2. The second-order valence-electron chi connectivity index (χ2n) is 5.48. The number of benzene rings is 3. The molecule has 3 heteroatoms. The first kappa shape index (κ1) is 14.0. The van der Waals surface area contributed by atoms with Crippen LogP contribution in [0.15, 0.2) is 72.8 Å². The van der Waals surface area contributed by atoms with E-state index in [0.717, 1.165) is 22.2 Å². The van der Waals surface area contributed by atoms with E-state index in [4.69, 9.17) is 11.6 Å². The molecule has 4 rings (SSSR count). The van der Waals surface area contributed by atoms with Gasteiger partial charge in [0.05, 0.1) is 5.52 Å². The second kappa shape index (κ2) is 5.56. The summed E-state index contributed by atoms with van der Waals surface area (Å²) in [5, 5.41) is 1.18. The highest BCUT2D eigenvalue weighted by molar-refractivity contribution is 6.31. The molecule has 3 aromatic carbocycles. The van der Waals surface area contributed by atoms with Gasteiger partial charge in [-0.15, -0.1) is 0 Å². The quantitative estimate of drug-likeness (QED) is 0.446. The third-order valence-electron chi connectivity index (χ3n) is 3.95. The van der Waals surface area contributed by atoms with Crippen molar-refractivity contribution in [3.8, 4) is 22.4 Å². The summed E-state index contributed by atoms with van der Waals surface area (Å²) < 4.78 is 13.9. The number of aromatic amines is 1. The summed E-state index contributed by atoms with van der Waals surface area (Å²) in [7, 11) is 0. The van der Waals surface area contributed by atoms with Crippen molar-refractivity contribution in [2.75, 3.05) is 0 Å². The Bertz CT molecular complexity index is 972. The summed E-state index contributed by atoms with van der Waals surface area (Å²) in [5.74, 6) is -0.334. The molecule has 0 bridgehead atoms. The smallest absolute Gasteiger partial charge is 0.148 e. The van der Waals surface area contributed by atoms with Crippen LogP contribution >= 0.6 is 11.6 Å². The molecule has 0 fully saturated rings. The molecule has 0 aliphatic carbocycles. The highest BCUT2D eigenvalue weighted by Crippen LogP contribution is 2.29. The zero-order valence-corrected chi connectivity index (χ0v) is 12.9. The molecule has 4 aromatic rings. The third kappa shape index (κ3) is 2.62. The van der Waals surface area contributed by atoms with E-state index in [2.05, 4.69) is 29.2 Å². The number of rotatable bonds is 2. The fourth-order valence-corrected chi connectivity index (χ4v) is 3.01. The van der Waals surface area contributed by atoms with E-state index in [0.29, 0.717) is 10.5 Å². The predicted octanol–water partition coefficient (Wildman–Crippen LogP) is 6.29. The first-order valence-corrected chi connectivity index (χ1v) is 7.72. The molecule has 1 aromatic heterocycles. The van der Waals surface area contributed by atoms with Gasteiger partial charge in [-0.3, -0.25) is 0 Å². The number of aromatic nitrogens is 1. The molecular weight excluding hydrogens is 309 g/mol. The summed E-state index contributed by atoms with van der Waals surface area (Å²) in [6.45, 7) is 0. The Morgan fingerprint density at radius 2 is 1.39 bits per heavy atom. The van der Waals surface area contributed by atoms with E-state index in [-0.39, 0.29) is 5.82 Å². The Morgan fingerprint density at radius 3 is 2.13 bits per heavy atom. The maximum Gasteiger partial charge on any atom is 0.148 e. The van der Waals surface area contributed by atoms with E-state index < -0.39 is 0 Å². The Labute approximate surface area is 138 Å². The summed E-state index contributed by atoms with van der Waals surface area (Å²) in [5.41, 5.74) is 4.70. The largest absolute Gasteiger partial charge is 0.352 e. The van der Waals surface area contributed by atoms with E-state index in [1.54, 1.807) is 6.07 Å². The molecule has 0 saturated carbocycles. The molecule has 1 heterocycles. The minimum Gasteiger partial charge on any atom is -0.352 e. The van der Waals surface area contributed by atoms with Crippen molar-refractivity contribution in [2.24, 2.45) is 0 Å². The Morgan fingerprint density at radius 1 is 0.739 bits per heavy atom. The lowest BCUT2D eigenvalue weighted by molar-refractivity contribution is 0.637. The van der Waals surface area contributed by atoms with Crippen LogP contribution in [0, 0.1) is 5.82 Å². The molecule has 0 radical (unpaired) electrons. The third-order valence-corrected chi connectivity index (χ3v) is 4.17. The van der Waals surface area contributed by atoms with Gasteiger partial charge in [-0.2, -0.15) is 0 Å². The minimum absolute atomic E-state index is 0.334. The van der Waals surface area contributed by atoms with E-state index in [1.165, 1.54) is 11.6 Å². The van der Waals surface area contributed by atoms with Crippen molar-refractivity contribution in [1.29, 1.82) is 0 Å². The minimum atomic E-state index is -0.334. The Kier molecular flexibility index (Phi) is 3.40. The highest BCUT2D eigenvalue weighted by atomic mass is 35.5. The molecule has 0 saturated heterocycles. The van der Waals surface area contributed by atoms with E-state index in [9.17, 15) is 4.39 Å². The van der Waals surface area contributed by atoms with Gasteiger partial charge in [-0.1, -0.05) is 66.2 Å². The van der Waals surface area contributed by atoms with Crippen LogP contribution in [-0.4, -0.2) is 4.98 Å². The van der Waals surface area contributed by atoms with Crippen LogP contribution in [-0.2, 0) is 0 Å². The molecule has 0 spiro atoms. The van der Waals surface area contributed by atoms with Gasteiger partial charge in [0.25, 0.3) is 0 Å². The van der Waals surface area contributed by atoms with Crippen molar-refractivity contribution in [3.63, 3.8) is 0 Å². The SMILES string of the molecule is Fc1cc(Cl)cc2cc(-c3ccc(-c4ccccc4)cc3)[nH]c12. The first-order chi connectivity index (χ1) is 11.2. The summed E-state index contributed by atoms with van der Waals surface area (Å²) in [6.07, 6.45) is 0. The van der Waals surface area contributed by atoms with Crippen molar-refractivity contribution >= 4 is 22.5 Å². The first-order valence-electron chi connectivity index (χ1n) is 7.34. The maximum absolute atomic E-state index is 13.9. The lowest BCUT2D eigenvalue weighted by atomic mass is 10.0. The van der Waals surface area contributed by atoms with Gasteiger partial charge in [0.1, 0.15) is 5.82 Å². The lowest BCUT2D eigenvalue weighted by Gasteiger charge is -2.03. The van der Waals surface area contributed by atoms with Crippen molar-refractivity contribution < 1.29 is 4.39 Å². The molecular formula is C20H13ClFN. The van der Waals surface area contributed by atoms with Gasteiger partial charge in [0.15, 0.2) is 0 Å². The van der Waals surface area contributed by atoms with E-state index in [1.807, 2.05) is 36.4 Å². The van der Waals surface area contributed by atoms with Gasteiger partial charge in [0.2, 0.25) is 0 Å². The number of H-pyrrole nitrogens is 1. The molecule has 0 amide bonds. The average Bonchev–Trinajstić information content (AvgIpc) is 3.00. The summed E-state index contributed by atoms with van der Waals surface area (Å²) in [6, 6.07) is 23.4. The molecule has 23 heavy (non-hydrogen) atoms. The standard InChI is InChI=1S/C20H13ClFN/c21-17-10-16-11-19(23-20(16)18(22)12-17)15-8-6-14(7-9-15)13-4-2-1-3-5-13/h1-12,23H. The Hall–Kier alpha value is -2.58. The number of hydrogen-bond donors (Lipinski definition) is 1. The fourth-order valence-electron chi connectivity index (χ4n) is 2.79. The monoisotopic (exact) mass is 321 g/mol. The van der Waals surface area contributed by atoms with Crippen LogP contribution in [0.3, 0.4) is 0 Å². The molecule has 112 valence electrons. The molecule has 0 aliphatic rings. The zero-order chi connectivity index (χ0) is 15.8. The van der Waals surface area contributed by atoms with Gasteiger partial charge in [-0.25, -0.2) is 4.39 Å². The molecule has 1 nitrogen and oxygen atoms in total. The van der Waals surface area contributed by atoms with Crippen molar-refractivity contribution in [2.45, 2.75) is 0 Å². The van der Waals surface area contributed by atoms with Crippen LogP contribution in [0.1, 0.15) is 0 Å². The molecule has 0 atom stereocenters. The fraction of sp³-hybridized carbons (Fsp3) is 0. The second-order valence-corrected chi connectivity index (χ2v) is 5.91. The Balaban J connectivity index is 1.75. The molecule has 1 N–H and O–H groups in total. The van der Waals surface area contributed by atoms with Crippen molar-refractivity contribution in [3.05, 3.63) is 83.6 Å². The maximum atomic E-state index is 13.9. The van der Waals surface area contributed by atoms with Crippen LogP contribution < -0.4 is 0 Å². The number of halogens is 2. The van der Waals surface area contributed by atoms with Crippen LogP contribution in [0.5, 0.6) is 0 Å². The number of fused-ring (bicyclic) bond motifs is 1. The topological polar surface area (TPSA) is 15.8 Å². The highest BCUT2D eigenvalue weighted by Gasteiger charge is 2.09. The summed E-state index contributed by atoms with van der Waals surface area (Å²) >= 11 is 5.91. The van der Waals surface area contributed by atoms with Crippen LogP contribution in [0.25, 0.3) is 33.3 Å². The van der Waals surface area contributed by atoms with Crippen LogP contribution in [0.2, 0.25) is 5.02 Å².